The summed E-state index contributed by atoms with van der Waals surface area (Å²) in [7, 11) is 0. The van der Waals surface area contributed by atoms with E-state index in [9.17, 15) is 9.59 Å². The molecule has 0 saturated carbocycles. The summed E-state index contributed by atoms with van der Waals surface area (Å²) >= 11 is 0.877. The normalized spacial score (nSPS) is 16.3. The topological polar surface area (TPSA) is 59.3 Å². The number of hydrogen-bond donors (Lipinski definition) is 1. The minimum absolute atomic E-state index is 0.342. The minimum Gasteiger partial charge on any atom is -0.457 e. The molecule has 1 N–H and O–H groups in total. The van der Waals surface area contributed by atoms with Gasteiger partial charge in [0.15, 0.2) is 0 Å². The Morgan fingerprint density at radius 2 is 1.78 bits per heavy atom. The van der Waals surface area contributed by atoms with Gasteiger partial charge in [0, 0.05) is 11.6 Å². The molecule has 4 nitrogen and oxygen atoms in total. The molecular weight excluding hydrogens is 310 g/mol. The van der Waals surface area contributed by atoms with Gasteiger partial charge in [0.05, 0.1) is 4.91 Å². The summed E-state index contributed by atoms with van der Waals surface area (Å²) < 4.78 is 5.78. The van der Waals surface area contributed by atoms with E-state index in [1.807, 2.05) is 30.3 Å². The molecule has 0 atom stereocenters. The molecule has 0 unspecified atom stereocenters. The van der Waals surface area contributed by atoms with E-state index in [0.717, 1.165) is 28.5 Å². The van der Waals surface area contributed by atoms with Gasteiger partial charge in [0.2, 0.25) is 0 Å². The van der Waals surface area contributed by atoms with Crippen molar-refractivity contribution >= 4 is 39.8 Å². The van der Waals surface area contributed by atoms with Gasteiger partial charge < -0.3 is 4.42 Å². The molecule has 0 aliphatic carbocycles. The van der Waals surface area contributed by atoms with E-state index in [1.54, 1.807) is 12.1 Å². The summed E-state index contributed by atoms with van der Waals surface area (Å²) in [4.78, 5) is 23.1. The second-order valence-electron chi connectivity index (χ2n) is 5.12. The maximum Gasteiger partial charge on any atom is 0.290 e. The third-order valence-corrected chi connectivity index (χ3v) is 4.39. The average molecular weight is 321 g/mol. The largest absolute Gasteiger partial charge is 0.457 e. The number of furan rings is 1. The fourth-order valence-electron chi connectivity index (χ4n) is 2.48. The lowest BCUT2D eigenvalue weighted by atomic mass is 10.1. The zero-order valence-corrected chi connectivity index (χ0v) is 12.7. The molecule has 2 heterocycles. The molecule has 2 amide bonds. The third-order valence-electron chi connectivity index (χ3n) is 3.58. The van der Waals surface area contributed by atoms with Crippen molar-refractivity contribution in [1.82, 2.24) is 5.32 Å². The Hall–Kier alpha value is -2.79. The van der Waals surface area contributed by atoms with Crippen LogP contribution in [-0.2, 0) is 4.79 Å². The second-order valence-corrected chi connectivity index (χ2v) is 6.13. The zero-order chi connectivity index (χ0) is 15.8. The van der Waals surface area contributed by atoms with Crippen LogP contribution in [0, 0.1) is 0 Å². The van der Waals surface area contributed by atoms with Crippen molar-refractivity contribution in [2.75, 3.05) is 0 Å². The molecule has 3 aromatic rings. The molecule has 0 spiro atoms. The number of fused-ring (bicyclic) bond motifs is 1. The number of amides is 2. The van der Waals surface area contributed by atoms with E-state index in [-0.39, 0.29) is 11.1 Å². The Kier molecular flexibility index (Phi) is 3.28. The van der Waals surface area contributed by atoms with Crippen molar-refractivity contribution in [3.05, 3.63) is 65.3 Å². The number of hydrogen-bond acceptors (Lipinski definition) is 4. The molecule has 1 fully saturated rings. The lowest BCUT2D eigenvalue weighted by Crippen LogP contribution is -2.17. The van der Waals surface area contributed by atoms with Gasteiger partial charge in [0.1, 0.15) is 11.5 Å². The van der Waals surface area contributed by atoms with Gasteiger partial charge in [0.25, 0.3) is 11.1 Å². The fourth-order valence-corrected chi connectivity index (χ4v) is 3.14. The molecule has 112 valence electrons. The van der Waals surface area contributed by atoms with Gasteiger partial charge in [-0.05, 0) is 40.7 Å². The highest BCUT2D eigenvalue weighted by Crippen LogP contribution is 2.29. The van der Waals surface area contributed by atoms with Crippen LogP contribution in [0.5, 0.6) is 0 Å². The Bertz CT molecular complexity index is 971. The maximum absolute atomic E-state index is 11.5. The van der Waals surface area contributed by atoms with Gasteiger partial charge in [-0.1, -0.05) is 36.4 Å². The van der Waals surface area contributed by atoms with Crippen LogP contribution in [0.2, 0.25) is 0 Å². The van der Waals surface area contributed by atoms with Crippen LogP contribution in [0.15, 0.2) is 63.9 Å². The summed E-state index contributed by atoms with van der Waals surface area (Å²) in [5.74, 6) is 0.876. The number of rotatable bonds is 2. The van der Waals surface area contributed by atoms with E-state index in [1.165, 1.54) is 5.39 Å². The van der Waals surface area contributed by atoms with Crippen LogP contribution in [-0.4, -0.2) is 11.1 Å². The van der Waals surface area contributed by atoms with Crippen molar-refractivity contribution in [1.29, 1.82) is 0 Å². The Labute approximate surface area is 136 Å². The van der Waals surface area contributed by atoms with E-state index < -0.39 is 0 Å². The Morgan fingerprint density at radius 1 is 0.957 bits per heavy atom. The molecule has 0 bridgehead atoms. The van der Waals surface area contributed by atoms with Crippen LogP contribution >= 0.6 is 11.8 Å². The van der Waals surface area contributed by atoms with Crippen molar-refractivity contribution in [3.63, 3.8) is 0 Å². The van der Waals surface area contributed by atoms with Crippen LogP contribution in [0.1, 0.15) is 5.76 Å². The number of benzene rings is 2. The first-order valence-corrected chi connectivity index (χ1v) is 7.84. The monoisotopic (exact) mass is 321 g/mol. The van der Waals surface area contributed by atoms with Crippen molar-refractivity contribution < 1.29 is 14.0 Å². The summed E-state index contributed by atoms with van der Waals surface area (Å²) in [5, 5.41) is 4.17. The van der Waals surface area contributed by atoms with Gasteiger partial charge in [-0.2, -0.15) is 0 Å². The maximum atomic E-state index is 11.5. The number of nitrogens with one attached hydrogen (secondary N) is 1. The Balaban J connectivity index is 1.68. The van der Waals surface area contributed by atoms with Crippen molar-refractivity contribution in [2.24, 2.45) is 0 Å². The molecule has 1 aromatic heterocycles. The first-order chi connectivity index (χ1) is 11.2. The number of carbonyl (C=O) groups excluding carboxylic acids is 2. The van der Waals surface area contributed by atoms with Crippen LogP contribution < -0.4 is 5.32 Å². The predicted octanol–water partition coefficient (Wildman–Crippen LogP) is 4.42. The molecule has 23 heavy (non-hydrogen) atoms. The van der Waals surface area contributed by atoms with E-state index in [4.69, 9.17) is 4.42 Å². The minimum atomic E-state index is -0.386. The molecule has 0 radical (unpaired) electrons. The first kappa shape index (κ1) is 13.8. The van der Waals surface area contributed by atoms with Crippen LogP contribution in [0.4, 0.5) is 4.79 Å². The van der Waals surface area contributed by atoms with Crippen molar-refractivity contribution in [2.45, 2.75) is 0 Å². The molecule has 1 aliphatic heterocycles. The molecule has 5 heteroatoms. The zero-order valence-electron chi connectivity index (χ0n) is 11.9. The number of thioether (sulfide) groups is 1. The summed E-state index contributed by atoms with van der Waals surface area (Å²) in [6, 6.07) is 17.9. The molecule has 4 rings (SSSR count). The smallest absolute Gasteiger partial charge is 0.290 e. The molecular formula is C18H11NO3S. The van der Waals surface area contributed by atoms with Gasteiger partial charge in [-0.25, -0.2) is 0 Å². The average Bonchev–Trinajstić information content (AvgIpc) is 3.14. The SMILES string of the molecule is O=C1NC(=O)/C(=C\c2ccc(-c3ccc4ccccc4c3)o2)S1. The molecule has 1 aliphatic rings. The summed E-state index contributed by atoms with van der Waals surface area (Å²) in [5.41, 5.74) is 0.966. The highest BCUT2D eigenvalue weighted by Gasteiger charge is 2.25. The summed E-state index contributed by atoms with van der Waals surface area (Å²) in [6.07, 6.45) is 1.58. The second kappa shape index (κ2) is 5.44. The van der Waals surface area contributed by atoms with Gasteiger partial charge >= 0.3 is 0 Å². The van der Waals surface area contributed by atoms with Gasteiger partial charge in [-0.3, -0.25) is 14.9 Å². The van der Waals surface area contributed by atoms with Crippen LogP contribution in [0.25, 0.3) is 28.2 Å². The summed E-state index contributed by atoms with van der Waals surface area (Å²) in [6.45, 7) is 0. The van der Waals surface area contributed by atoms with E-state index in [0.29, 0.717) is 10.7 Å². The highest BCUT2D eigenvalue weighted by molar-refractivity contribution is 8.18. The van der Waals surface area contributed by atoms with Crippen LogP contribution in [0.3, 0.4) is 0 Å². The van der Waals surface area contributed by atoms with E-state index >= 15 is 0 Å². The number of carbonyl (C=O) groups is 2. The van der Waals surface area contributed by atoms with Crippen molar-refractivity contribution in [3.8, 4) is 11.3 Å². The van der Waals surface area contributed by atoms with Gasteiger partial charge in [-0.15, -0.1) is 0 Å². The standard InChI is InChI=1S/C18H11NO3S/c20-17-16(23-18(21)19-17)10-14-7-8-15(22-14)13-6-5-11-3-1-2-4-12(11)9-13/h1-10H,(H,19,20,21)/b16-10+. The third kappa shape index (κ3) is 2.66. The number of imide groups is 1. The van der Waals surface area contributed by atoms with E-state index in [2.05, 4.69) is 23.5 Å². The fraction of sp³-hybridized carbons (Fsp3) is 0. The predicted molar refractivity (Wildman–Crippen MR) is 90.8 cm³/mol. The first-order valence-electron chi connectivity index (χ1n) is 7.03. The molecule has 1 saturated heterocycles. The molecule has 2 aromatic carbocycles. The highest BCUT2D eigenvalue weighted by atomic mass is 32.2. The lowest BCUT2D eigenvalue weighted by Gasteiger charge is -2.01. The Morgan fingerprint density at radius 3 is 2.57 bits per heavy atom. The lowest BCUT2D eigenvalue weighted by molar-refractivity contribution is -0.115. The quantitative estimate of drug-likeness (QED) is 0.710.